The zero-order chi connectivity index (χ0) is 13.4. The largest absolute Gasteiger partial charge is 0.361 e. The van der Waals surface area contributed by atoms with Crippen LogP contribution in [0.4, 0.5) is 0 Å². The predicted molar refractivity (Wildman–Crippen MR) is 67.5 cm³/mol. The van der Waals surface area contributed by atoms with Crippen LogP contribution in [-0.4, -0.2) is 32.3 Å². The van der Waals surface area contributed by atoms with E-state index in [1.165, 1.54) is 0 Å². The lowest BCUT2D eigenvalue weighted by molar-refractivity contribution is 0.0725. The van der Waals surface area contributed by atoms with Gasteiger partial charge in [0, 0.05) is 31.4 Å². The lowest BCUT2D eigenvalue weighted by Crippen LogP contribution is -2.30. The molecular weight excluding hydrogens is 244 g/mol. The highest BCUT2D eigenvalue weighted by Gasteiger charge is 2.32. The Kier molecular flexibility index (Phi) is 2.85. The first kappa shape index (κ1) is 12.0. The maximum Gasteiger partial charge on any atom is 0.276 e. The molecule has 0 aromatic carbocycles. The minimum Gasteiger partial charge on any atom is -0.361 e. The molecule has 0 unspecified atom stereocenters. The van der Waals surface area contributed by atoms with Crippen LogP contribution in [0.2, 0.25) is 0 Å². The molecule has 0 N–H and O–H groups in total. The van der Waals surface area contributed by atoms with Crippen LogP contribution in [0.1, 0.15) is 40.7 Å². The van der Waals surface area contributed by atoms with Crippen LogP contribution in [0.3, 0.4) is 0 Å². The van der Waals surface area contributed by atoms with Crippen molar-refractivity contribution in [3.63, 3.8) is 0 Å². The summed E-state index contributed by atoms with van der Waals surface area (Å²) in [5.74, 6) is 0.587. The van der Waals surface area contributed by atoms with Gasteiger partial charge in [0.1, 0.15) is 5.76 Å². The van der Waals surface area contributed by atoms with Gasteiger partial charge in [-0.15, -0.1) is 0 Å². The fourth-order valence-corrected chi connectivity index (χ4v) is 2.58. The number of carbonyl (C=O) groups excluding carboxylic acids is 1. The first-order valence-electron chi connectivity index (χ1n) is 6.38. The van der Waals surface area contributed by atoms with Gasteiger partial charge in [0.05, 0.1) is 12.2 Å². The van der Waals surface area contributed by atoms with E-state index in [-0.39, 0.29) is 11.9 Å². The van der Waals surface area contributed by atoms with Crippen LogP contribution in [0.15, 0.2) is 23.0 Å². The van der Waals surface area contributed by atoms with E-state index in [0.717, 1.165) is 24.9 Å². The third kappa shape index (κ3) is 2.14. The van der Waals surface area contributed by atoms with E-state index < -0.39 is 0 Å². The Morgan fingerprint density at radius 1 is 1.53 bits per heavy atom. The van der Waals surface area contributed by atoms with E-state index in [4.69, 9.17) is 4.52 Å². The van der Waals surface area contributed by atoms with Gasteiger partial charge < -0.3 is 9.42 Å². The molecule has 0 aliphatic carbocycles. The normalized spacial score (nSPS) is 19.1. The monoisotopic (exact) mass is 260 g/mol. The van der Waals surface area contributed by atoms with E-state index in [9.17, 15) is 4.79 Å². The second-order valence-corrected chi connectivity index (χ2v) is 4.93. The second-order valence-electron chi connectivity index (χ2n) is 4.93. The molecule has 3 heterocycles. The number of aryl methyl sites for hydroxylation is 2. The zero-order valence-corrected chi connectivity index (χ0v) is 11.0. The molecule has 0 spiro atoms. The Balaban J connectivity index is 1.85. The van der Waals surface area contributed by atoms with Crippen LogP contribution < -0.4 is 0 Å². The van der Waals surface area contributed by atoms with E-state index in [2.05, 4.69) is 10.3 Å². The van der Waals surface area contributed by atoms with Gasteiger partial charge in [-0.3, -0.25) is 9.48 Å². The van der Waals surface area contributed by atoms with Crippen molar-refractivity contribution in [2.45, 2.75) is 25.8 Å². The van der Waals surface area contributed by atoms with Crippen molar-refractivity contribution in [1.29, 1.82) is 0 Å². The average molecular weight is 260 g/mol. The number of hydrogen-bond acceptors (Lipinski definition) is 4. The summed E-state index contributed by atoms with van der Waals surface area (Å²) in [6.07, 6.45) is 5.75. The Morgan fingerprint density at radius 2 is 2.37 bits per heavy atom. The Labute approximate surface area is 111 Å². The molecule has 6 nitrogen and oxygen atoms in total. The van der Waals surface area contributed by atoms with Crippen molar-refractivity contribution in [1.82, 2.24) is 19.8 Å². The fraction of sp³-hybridized carbons (Fsp3) is 0.462. The molecule has 2 aromatic heterocycles. The maximum atomic E-state index is 12.4. The van der Waals surface area contributed by atoms with Crippen molar-refractivity contribution in [2.75, 3.05) is 6.54 Å². The van der Waals surface area contributed by atoms with Crippen LogP contribution in [-0.2, 0) is 7.05 Å². The molecule has 1 aliphatic heterocycles. The van der Waals surface area contributed by atoms with Crippen LogP contribution in [0.25, 0.3) is 0 Å². The zero-order valence-electron chi connectivity index (χ0n) is 11.0. The SMILES string of the molecule is Cc1cc(C(=O)N2CCC[C@@H]2c2cnn(C)c2)no1. The molecule has 0 bridgehead atoms. The van der Waals surface area contributed by atoms with Gasteiger partial charge in [-0.1, -0.05) is 5.16 Å². The van der Waals surface area contributed by atoms with Crippen molar-refractivity contribution >= 4 is 5.91 Å². The van der Waals surface area contributed by atoms with E-state index in [1.54, 1.807) is 17.7 Å². The number of hydrogen-bond donors (Lipinski definition) is 0. The molecule has 19 heavy (non-hydrogen) atoms. The molecule has 1 saturated heterocycles. The van der Waals surface area contributed by atoms with E-state index in [0.29, 0.717) is 11.5 Å². The maximum absolute atomic E-state index is 12.4. The molecule has 0 saturated carbocycles. The van der Waals surface area contributed by atoms with E-state index in [1.807, 2.05) is 24.3 Å². The Bertz CT molecular complexity index is 601. The first-order chi connectivity index (χ1) is 9.15. The first-order valence-corrected chi connectivity index (χ1v) is 6.38. The van der Waals surface area contributed by atoms with Gasteiger partial charge in [0.15, 0.2) is 5.69 Å². The topological polar surface area (TPSA) is 64.2 Å². The number of amides is 1. The summed E-state index contributed by atoms with van der Waals surface area (Å²) >= 11 is 0. The van der Waals surface area contributed by atoms with Crippen LogP contribution in [0.5, 0.6) is 0 Å². The molecule has 3 rings (SSSR count). The van der Waals surface area contributed by atoms with Gasteiger partial charge in [0.25, 0.3) is 5.91 Å². The molecule has 1 atom stereocenters. The summed E-state index contributed by atoms with van der Waals surface area (Å²) in [4.78, 5) is 14.3. The van der Waals surface area contributed by atoms with Crippen molar-refractivity contribution < 1.29 is 9.32 Å². The quantitative estimate of drug-likeness (QED) is 0.824. The molecule has 0 radical (unpaired) electrons. The molecule has 1 aliphatic rings. The highest BCUT2D eigenvalue weighted by atomic mass is 16.5. The third-order valence-electron chi connectivity index (χ3n) is 3.47. The Hall–Kier alpha value is -2.11. The summed E-state index contributed by atoms with van der Waals surface area (Å²) in [7, 11) is 1.88. The summed E-state index contributed by atoms with van der Waals surface area (Å²) in [5.41, 5.74) is 1.46. The van der Waals surface area contributed by atoms with Crippen LogP contribution in [0, 0.1) is 6.92 Å². The Morgan fingerprint density at radius 3 is 3.00 bits per heavy atom. The summed E-state index contributed by atoms with van der Waals surface area (Å²) in [5, 5.41) is 7.98. The van der Waals surface area contributed by atoms with Gasteiger partial charge in [-0.25, -0.2) is 0 Å². The number of rotatable bonds is 2. The molecule has 1 fully saturated rings. The number of nitrogens with zero attached hydrogens (tertiary/aromatic N) is 4. The van der Waals surface area contributed by atoms with E-state index >= 15 is 0 Å². The van der Waals surface area contributed by atoms with Gasteiger partial charge in [0.2, 0.25) is 0 Å². The highest BCUT2D eigenvalue weighted by Crippen LogP contribution is 2.32. The lowest BCUT2D eigenvalue weighted by Gasteiger charge is -2.22. The van der Waals surface area contributed by atoms with Crippen molar-refractivity contribution in [3.05, 3.63) is 35.5 Å². The molecule has 6 heteroatoms. The fourth-order valence-electron chi connectivity index (χ4n) is 2.58. The smallest absolute Gasteiger partial charge is 0.276 e. The molecule has 2 aromatic rings. The molecule has 1 amide bonds. The van der Waals surface area contributed by atoms with Gasteiger partial charge in [-0.05, 0) is 19.8 Å². The minimum atomic E-state index is -0.0665. The van der Waals surface area contributed by atoms with Crippen molar-refractivity contribution in [2.24, 2.45) is 7.05 Å². The number of carbonyl (C=O) groups is 1. The predicted octanol–water partition coefficient (Wildman–Crippen LogP) is 1.69. The third-order valence-corrected chi connectivity index (χ3v) is 3.47. The molecule has 100 valence electrons. The standard InChI is InChI=1S/C13H16N4O2/c1-9-6-11(15-19-9)13(18)17-5-3-4-12(17)10-7-14-16(2)8-10/h6-8,12H,3-5H2,1-2H3/t12-/m1/s1. The molecular formula is C13H16N4O2. The van der Waals surface area contributed by atoms with Gasteiger partial charge in [-0.2, -0.15) is 5.10 Å². The summed E-state index contributed by atoms with van der Waals surface area (Å²) in [6, 6.07) is 1.78. The number of aromatic nitrogens is 3. The van der Waals surface area contributed by atoms with Crippen LogP contribution >= 0.6 is 0 Å². The highest BCUT2D eigenvalue weighted by molar-refractivity contribution is 5.92. The summed E-state index contributed by atoms with van der Waals surface area (Å²) < 4.78 is 6.74. The van der Waals surface area contributed by atoms with Gasteiger partial charge >= 0.3 is 0 Å². The lowest BCUT2D eigenvalue weighted by atomic mass is 10.1. The number of likely N-dealkylation sites (tertiary alicyclic amines) is 1. The minimum absolute atomic E-state index is 0.0665. The average Bonchev–Trinajstić information content (AvgIpc) is 3.07. The van der Waals surface area contributed by atoms with Crippen molar-refractivity contribution in [3.8, 4) is 0 Å². The summed E-state index contributed by atoms with van der Waals surface area (Å²) in [6.45, 7) is 2.54. The second kappa shape index (κ2) is 4.53.